The maximum absolute atomic E-state index is 15.0. The normalized spacial score (nSPS) is 15.3. The summed E-state index contributed by atoms with van der Waals surface area (Å²) < 4.78 is 27.4. The molecule has 1 unspecified atom stereocenters. The largest absolute Gasteiger partial charge is 0.423 e. The van der Waals surface area contributed by atoms with Gasteiger partial charge in [0.15, 0.2) is 5.28 Å². The van der Waals surface area contributed by atoms with Crippen molar-refractivity contribution in [3.63, 3.8) is 0 Å². The van der Waals surface area contributed by atoms with Crippen molar-refractivity contribution in [1.29, 1.82) is 0 Å². The van der Waals surface area contributed by atoms with Crippen LogP contribution in [0.3, 0.4) is 0 Å². The first-order chi connectivity index (χ1) is 17.2. The highest BCUT2D eigenvalue weighted by Crippen LogP contribution is 2.70. The molecule has 0 bridgehead atoms. The summed E-state index contributed by atoms with van der Waals surface area (Å²) >= 11 is 0. The maximum Gasteiger partial charge on any atom is 0.408 e. The molecule has 0 heterocycles. The van der Waals surface area contributed by atoms with Crippen LogP contribution in [-0.4, -0.2) is 13.2 Å². The van der Waals surface area contributed by atoms with Gasteiger partial charge in [-0.1, -0.05) is 112 Å². The van der Waals surface area contributed by atoms with Crippen molar-refractivity contribution in [3.8, 4) is 16.9 Å². The predicted octanol–water partition coefficient (Wildman–Crippen LogP) is 8.52. The van der Waals surface area contributed by atoms with Gasteiger partial charge in [-0.25, -0.2) is 4.57 Å². The van der Waals surface area contributed by atoms with Crippen LogP contribution in [-0.2, 0) is 14.4 Å². The second-order valence-corrected chi connectivity index (χ2v) is 11.3. The predicted molar refractivity (Wildman–Crippen MR) is 145 cm³/mol. The van der Waals surface area contributed by atoms with Crippen molar-refractivity contribution >= 4 is 7.60 Å². The van der Waals surface area contributed by atoms with E-state index in [4.69, 9.17) is 9.05 Å². The summed E-state index contributed by atoms with van der Waals surface area (Å²) in [5.41, 5.74) is 4.06. The first-order valence-corrected chi connectivity index (χ1v) is 14.6. The van der Waals surface area contributed by atoms with Crippen molar-refractivity contribution in [2.45, 2.75) is 64.1 Å². The van der Waals surface area contributed by atoms with Crippen LogP contribution in [0.5, 0.6) is 5.75 Å². The molecule has 0 spiro atoms. The zero-order chi connectivity index (χ0) is 24.6. The lowest BCUT2D eigenvalue weighted by Gasteiger charge is -2.38. The number of para-hydroxylation sites is 1. The Hall–Kier alpha value is -2.39. The second kappa shape index (κ2) is 12.0. The van der Waals surface area contributed by atoms with Gasteiger partial charge in [-0.05, 0) is 54.3 Å². The molecule has 1 aliphatic carbocycles. The molecule has 1 N–H and O–H groups in total. The summed E-state index contributed by atoms with van der Waals surface area (Å²) in [7, 11) is -3.77. The van der Waals surface area contributed by atoms with E-state index in [1.807, 2.05) is 61.5 Å². The third-order valence-electron chi connectivity index (χ3n) is 6.76. The molecule has 3 aromatic rings. The molecule has 0 aliphatic heterocycles. The van der Waals surface area contributed by atoms with Crippen LogP contribution in [0.25, 0.3) is 11.1 Å². The van der Waals surface area contributed by atoms with E-state index in [1.165, 1.54) is 32.1 Å². The number of hydrogen-bond donors (Lipinski definition) is 1. The molecule has 4 nitrogen and oxygen atoms in total. The summed E-state index contributed by atoms with van der Waals surface area (Å²) in [5, 5.41) is 2.67. The summed E-state index contributed by atoms with van der Waals surface area (Å²) in [4.78, 5) is 0. The Balaban J connectivity index is 1.71. The Kier molecular flexibility index (Phi) is 8.83. The molecule has 0 saturated heterocycles. The molecule has 4 rings (SSSR count). The van der Waals surface area contributed by atoms with Crippen LogP contribution >= 0.6 is 7.60 Å². The molecule has 0 amide bonds. The van der Waals surface area contributed by atoms with Crippen LogP contribution in [0.2, 0.25) is 0 Å². The molecule has 5 heteroatoms. The van der Waals surface area contributed by atoms with Crippen molar-refractivity contribution in [2.24, 2.45) is 0 Å². The first-order valence-electron chi connectivity index (χ1n) is 13.1. The number of fused-ring (bicyclic) bond motifs is 3. The molecule has 0 aromatic heterocycles. The highest BCUT2D eigenvalue weighted by atomic mass is 31.2. The van der Waals surface area contributed by atoms with Crippen molar-refractivity contribution < 1.29 is 13.6 Å². The number of hydrogen-bond acceptors (Lipinski definition) is 4. The van der Waals surface area contributed by atoms with Gasteiger partial charge in [-0.3, -0.25) is 9.84 Å². The Bertz CT molecular complexity index is 1090. The molecule has 186 valence electrons. The molecule has 1 atom stereocenters. The molecule has 0 saturated carbocycles. The molecule has 35 heavy (non-hydrogen) atoms. The Labute approximate surface area is 210 Å². The molecular formula is C30H38NO3P. The average Bonchev–Trinajstić information content (AvgIpc) is 3.18. The van der Waals surface area contributed by atoms with Gasteiger partial charge < -0.3 is 4.52 Å². The summed E-state index contributed by atoms with van der Waals surface area (Å²) in [6.45, 7) is 5.13. The second-order valence-electron chi connectivity index (χ2n) is 9.17. The van der Waals surface area contributed by atoms with Gasteiger partial charge in [0.25, 0.3) is 0 Å². The standard InChI is InChI=1S/C30H38NO3P/c1-3-5-6-7-8-9-17-24-31-30(35(32,33-4-2)34-25-18-11-10-12-19-25)28-22-15-13-20-26(28)27-21-14-16-23-29(27)30/h10-16,18-23,31H,3-9,17,24H2,1-2H3. The minimum absolute atomic E-state index is 0.287. The van der Waals surface area contributed by atoms with Crippen LogP contribution in [0.4, 0.5) is 0 Å². The topological polar surface area (TPSA) is 47.6 Å². The van der Waals surface area contributed by atoms with Gasteiger partial charge >= 0.3 is 7.60 Å². The molecular weight excluding hydrogens is 453 g/mol. The maximum atomic E-state index is 15.0. The lowest BCUT2D eigenvalue weighted by Crippen LogP contribution is -2.44. The number of rotatable bonds is 14. The van der Waals surface area contributed by atoms with E-state index in [1.54, 1.807) is 0 Å². The zero-order valence-electron chi connectivity index (χ0n) is 21.0. The highest BCUT2D eigenvalue weighted by Gasteiger charge is 2.59. The fraction of sp³-hybridized carbons (Fsp3) is 0.400. The van der Waals surface area contributed by atoms with E-state index in [0.29, 0.717) is 5.75 Å². The van der Waals surface area contributed by atoms with Gasteiger partial charge in [0.2, 0.25) is 0 Å². The smallest absolute Gasteiger partial charge is 0.408 e. The Morgan fingerprint density at radius 2 is 1.26 bits per heavy atom. The Morgan fingerprint density at radius 3 is 1.86 bits per heavy atom. The lowest BCUT2D eigenvalue weighted by molar-refractivity contribution is 0.248. The van der Waals surface area contributed by atoms with Crippen molar-refractivity contribution in [3.05, 3.63) is 90.0 Å². The monoisotopic (exact) mass is 491 g/mol. The summed E-state index contributed by atoms with van der Waals surface area (Å²) in [5.74, 6) is 0.545. The van der Waals surface area contributed by atoms with E-state index < -0.39 is 12.9 Å². The van der Waals surface area contributed by atoms with Crippen LogP contribution in [0.15, 0.2) is 78.9 Å². The number of nitrogens with one attached hydrogen (secondary N) is 1. The van der Waals surface area contributed by atoms with E-state index >= 15 is 0 Å². The number of unbranched alkanes of at least 4 members (excludes halogenated alkanes) is 6. The highest BCUT2D eigenvalue weighted by molar-refractivity contribution is 7.56. The fourth-order valence-corrected chi connectivity index (χ4v) is 7.54. The van der Waals surface area contributed by atoms with E-state index in [9.17, 15) is 4.57 Å². The SMILES string of the molecule is CCCCCCCCCNC1(P(=O)(OCC)Oc2ccccc2)c2ccccc2-c2ccccc21. The molecule has 1 aliphatic rings. The van der Waals surface area contributed by atoms with Gasteiger partial charge in [-0.2, -0.15) is 0 Å². The van der Waals surface area contributed by atoms with Gasteiger partial charge in [-0.15, -0.1) is 0 Å². The van der Waals surface area contributed by atoms with E-state index in [0.717, 1.165) is 41.6 Å². The van der Waals surface area contributed by atoms with Gasteiger partial charge in [0, 0.05) is 0 Å². The van der Waals surface area contributed by atoms with E-state index in [2.05, 4.69) is 36.5 Å². The zero-order valence-corrected chi connectivity index (χ0v) is 21.9. The molecule has 0 radical (unpaired) electrons. The van der Waals surface area contributed by atoms with Crippen LogP contribution in [0, 0.1) is 0 Å². The molecule has 0 fully saturated rings. The minimum Gasteiger partial charge on any atom is -0.423 e. The van der Waals surface area contributed by atoms with Gasteiger partial charge in [0.05, 0.1) is 6.61 Å². The lowest BCUT2D eigenvalue weighted by atomic mass is 10.0. The quantitative estimate of drug-likeness (QED) is 0.181. The molecule has 3 aromatic carbocycles. The van der Waals surface area contributed by atoms with E-state index in [-0.39, 0.29) is 6.61 Å². The fourth-order valence-electron chi connectivity index (χ4n) is 5.13. The number of benzene rings is 3. The average molecular weight is 492 g/mol. The van der Waals surface area contributed by atoms with Gasteiger partial charge in [0.1, 0.15) is 5.75 Å². The van der Waals surface area contributed by atoms with Crippen LogP contribution in [0.1, 0.15) is 69.9 Å². The first kappa shape index (κ1) is 25.7. The van der Waals surface area contributed by atoms with Crippen molar-refractivity contribution in [1.82, 2.24) is 5.32 Å². The summed E-state index contributed by atoms with van der Waals surface area (Å²) in [6, 6.07) is 25.8. The van der Waals surface area contributed by atoms with Crippen LogP contribution < -0.4 is 9.84 Å². The third-order valence-corrected chi connectivity index (χ3v) is 9.27. The summed E-state index contributed by atoms with van der Waals surface area (Å²) in [6.07, 6.45) is 8.54. The van der Waals surface area contributed by atoms with Crippen molar-refractivity contribution in [2.75, 3.05) is 13.2 Å². The Morgan fingerprint density at radius 1 is 0.714 bits per heavy atom. The third kappa shape index (κ3) is 5.26. The minimum atomic E-state index is -3.77.